The molecular formula is C14H24O. The molecule has 3 saturated carbocycles. The third-order valence-corrected chi connectivity index (χ3v) is 5.12. The summed E-state index contributed by atoms with van der Waals surface area (Å²) in [5.74, 6) is 3.58. The van der Waals surface area contributed by atoms with E-state index in [-0.39, 0.29) is 6.10 Å². The third-order valence-electron chi connectivity index (χ3n) is 5.12. The number of rotatable bonds is 3. The summed E-state index contributed by atoms with van der Waals surface area (Å²) in [5.41, 5.74) is 0. The van der Waals surface area contributed by atoms with Gasteiger partial charge >= 0.3 is 0 Å². The molecule has 3 atom stereocenters. The number of fused-ring (bicyclic) bond motifs is 1. The van der Waals surface area contributed by atoms with Gasteiger partial charge in [0.05, 0.1) is 6.10 Å². The Kier molecular flexibility index (Phi) is 2.76. The van der Waals surface area contributed by atoms with E-state index in [4.69, 9.17) is 0 Å². The molecular weight excluding hydrogens is 184 g/mol. The largest absolute Gasteiger partial charge is 0.393 e. The van der Waals surface area contributed by atoms with E-state index in [0.717, 1.165) is 24.2 Å². The van der Waals surface area contributed by atoms with Crippen LogP contribution in [0.5, 0.6) is 0 Å². The molecule has 3 aliphatic rings. The zero-order valence-corrected chi connectivity index (χ0v) is 9.70. The van der Waals surface area contributed by atoms with Gasteiger partial charge < -0.3 is 5.11 Å². The van der Waals surface area contributed by atoms with Gasteiger partial charge in [-0.2, -0.15) is 0 Å². The number of hydrogen-bond donors (Lipinski definition) is 1. The summed E-state index contributed by atoms with van der Waals surface area (Å²) in [4.78, 5) is 0. The summed E-state index contributed by atoms with van der Waals surface area (Å²) in [6.07, 6.45) is 12.3. The first-order valence-corrected chi connectivity index (χ1v) is 7.01. The van der Waals surface area contributed by atoms with Crippen LogP contribution in [-0.4, -0.2) is 11.2 Å². The SMILES string of the molecule is OC(CC1CCCCC1)C1CC2CC2C1. The highest BCUT2D eigenvalue weighted by molar-refractivity contribution is 4.98. The zero-order chi connectivity index (χ0) is 10.3. The Hall–Kier alpha value is -0.0400. The summed E-state index contributed by atoms with van der Waals surface area (Å²) < 4.78 is 0. The van der Waals surface area contributed by atoms with Crippen molar-refractivity contribution in [2.24, 2.45) is 23.7 Å². The molecule has 86 valence electrons. The average molecular weight is 208 g/mol. The zero-order valence-electron chi connectivity index (χ0n) is 9.70. The molecule has 3 aliphatic carbocycles. The standard InChI is InChI=1S/C14H24O/c15-14(6-10-4-2-1-3-5-10)13-8-11-7-12(11)9-13/h10-15H,1-9H2. The van der Waals surface area contributed by atoms with Gasteiger partial charge in [0.15, 0.2) is 0 Å². The summed E-state index contributed by atoms with van der Waals surface area (Å²) in [6, 6.07) is 0. The second-order valence-electron chi connectivity index (χ2n) is 6.29. The minimum absolute atomic E-state index is 0.0425. The van der Waals surface area contributed by atoms with Crippen LogP contribution in [0, 0.1) is 23.7 Å². The lowest BCUT2D eigenvalue weighted by Gasteiger charge is -2.27. The summed E-state index contributed by atoms with van der Waals surface area (Å²) in [6.45, 7) is 0. The molecule has 3 fully saturated rings. The second kappa shape index (κ2) is 4.08. The molecule has 0 saturated heterocycles. The van der Waals surface area contributed by atoms with Crippen molar-refractivity contribution < 1.29 is 5.11 Å². The first kappa shape index (κ1) is 10.1. The van der Waals surface area contributed by atoms with Gasteiger partial charge in [0, 0.05) is 0 Å². The van der Waals surface area contributed by atoms with Crippen molar-refractivity contribution in [3.8, 4) is 0 Å². The van der Waals surface area contributed by atoms with Crippen molar-refractivity contribution in [2.75, 3.05) is 0 Å². The van der Waals surface area contributed by atoms with Crippen LogP contribution in [0.1, 0.15) is 57.8 Å². The summed E-state index contributed by atoms with van der Waals surface area (Å²) in [5, 5.41) is 10.2. The van der Waals surface area contributed by atoms with Crippen molar-refractivity contribution in [3.05, 3.63) is 0 Å². The highest BCUT2D eigenvalue weighted by Crippen LogP contribution is 2.55. The fraction of sp³-hybridized carbons (Fsp3) is 1.00. The van der Waals surface area contributed by atoms with E-state index < -0.39 is 0 Å². The van der Waals surface area contributed by atoms with E-state index in [9.17, 15) is 5.11 Å². The lowest BCUT2D eigenvalue weighted by atomic mass is 9.82. The minimum atomic E-state index is 0.0425. The fourth-order valence-electron chi connectivity index (χ4n) is 4.03. The Labute approximate surface area is 93.3 Å². The Morgan fingerprint density at radius 2 is 1.60 bits per heavy atom. The number of aliphatic hydroxyl groups excluding tert-OH is 1. The van der Waals surface area contributed by atoms with Gasteiger partial charge in [0.2, 0.25) is 0 Å². The average Bonchev–Trinajstić information content (AvgIpc) is 2.87. The maximum Gasteiger partial charge on any atom is 0.0571 e. The lowest BCUT2D eigenvalue weighted by molar-refractivity contribution is 0.0712. The Bertz CT molecular complexity index is 209. The van der Waals surface area contributed by atoms with E-state index >= 15 is 0 Å². The molecule has 0 heterocycles. The van der Waals surface area contributed by atoms with Crippen molar-refractivity contribution in [2.45, 2.75) is 63.9 Å². The van der Waals surface area contributed by atoms with Crippen LogP contribution < -0.4 is 0 Å². The molecule has 1 nitrogen and oxygen atoms in total. The van der Waals surface area contributed by atoms with Crippen LogP contribution in [0.15, 0.2) is 0 Å². The van der Waals surface area contributed by atoms with Crippen molar-refractivity contribution in [1.29, 1.82) is 0 Å². The van der Waals surface area contributed by atoms with Gasteiger partial charge in [-0.3, -0.25) is 0 Å². The molecule has 3 unspecified atom stereocenters. The minimum Gasteiger partial charge on any atom is -0.393 e. The van der Waals surface area contributed by atoms with Gasteiger partial charge in [-0.1, -0.05) is 32.1 Å². The molecule has 0 amide bonds. The summed E-state index contributed by atoms with van der Waals surface area (Å²) in [7, 11) is 0. The van der Waals surface area contributed by atoms with Crippen LogP contribution in [0.25, 0.3) is 0 Å². The van der Waals surface area contributed by atoms with E-state index in [1.165, 1.54) is 51.4 Å². The van der Waals surface area contributed by atoms with Crippen LogP contribution in [0.3, 0.4) is 0 Å². The Morgan fingerprint density at radius 1 is 0.933 bits per heavy atom. The van der Waals surface area contributed by atoms with Gasteiger partial charge in [-0.05, 0) is 49.4 Å². The molecule has 1 heteroatoms. The van der Waals surface area contributed by atoms with Gasteiger partial charge in [-0.15, -0.1) is 0 Å². The highest BCUT2D eigenvalue weighted by atomic mass is 16.3. The smallest absolute Gasteiger partial charge is 0.0571 e. The normalized spacial score (nSPS) is 42.6. The summed E-state index contributed by atoms with van der Waals surface area (Å²) >= 11 is 0. The molecule has 0 radical (unpaired) electrons. The molecule has 0 aromatic rings. The van der Waals surface area contributed by atoms with Gasteiger partial charge in [0.1, 0.15) is 0 Å². The fourth-order valence-corrected chi connectivity index (χ4v) is 4.03. The van der Waals surface area contributed by atoms with Gasteiger partial charge in [-0.25, -0.2) is 0 Å². The Morgan fingerprint density at radius 3 is 2.27 bits per heavy atom. The maximum absolute atomic E-state index is 10.2. The second-order valence-corrected chi connectivity index (χ2v) is 6.29. The molecule has 0 bridgehead atoms. The molecule has 1 N–H and O–H groups in total. The molecule has 0 spiro atoms. The molecule has 0 aromatic heterocycles. The van der Waals surface area contributed by atoms with Crippen molar-refractivity contribution >= 4 is 0 Å². The topological polar surface area (TPSA) is 20.2 Å². The third kappa shape index (κ3) is 2.22. The van der Waals surface area contributed by atoms with Crippen LogP contribution in [0.4, 0.5) is 0 Å². The first-order chi connectivity index (χ1) is 7.33. The molecule has 15 heavy (non-hydrogen) atoms. The van der Waals surface area contributed by atoms with Crippen molar-refractivity contribution in [1.82, 2.24) is 0 Å². The number of hydrogen-bond acceptors (Lipinski definition) is 1. The predicted octanol–water partition coefficient (Wildman–Crippen LogP) is 3.36. The Balaban J connectivity index is 1.45. The predicted molar refractivity (Wildman–Crippen MR) is 61.5 cm³/mol. The highest BCUT2D eigenvalue weighted by Gasteiger charge is 2.47. The maximum atomic E-state index is 10.2. The first-order valence-electron chi connectivity index (χ1n) is 7.01. The van der Waals surface area contributed by atoms with Crippen LogP contribution >= 0.6 is 0 Å². The molecule has 0 aromatic carbocycles. The van der Waals surface area contributed by atoms with E-state index in [2.05, 4.69) is 0 Å². The van der Waals surface area contributed by atoms with Crippen LogP contribution in [0.2, 0.25) is 0 Å². The molecule has 3 rings (SSSR count). The number of aliphatic hydroxyl groups is 1. The van der Waals surface area contributed by atoms with E-state index in [1.807, 2.05) is 0 Å². The monoisotopic (exact) mass is 208 g/mol. The lowest BCUT2D eigenvalue weighted by Crippen LogP contribution is -2.23. The molecule has 0 aliphatic heterocycles. The van der Waals surface area contributed by atoms with Crippen molar-refractivity contribution in [3.63, 3.8) is 0 Å². The van der Waals surface area contributed by atoms with Crippen LogP contribution in [-0.2, 0) is 0 Å². The quantitative estimate of drug-likeness (QED) is 0.754. The van der Waals surface area contributed by atoms with E-state index in [0.29, 0.717) is 5.92 Å². The van der Waals surface area contributed by atoms with Gasteiger partial charge in [0.25, 0.3) is 0 Å². The van der Waals surface area contributed by atoms with E-state index in [1.54, 1.807) is 0 Å².